The van der Waals surface area contributed by atoms with E-state index in [-0.39, 0.29) is 18.2 Å². The van der Waals surface area contributed by atoms with Crippen molar-refractivity contribution < 1.29 is 19.1 Å². The van der Waals surface area contributed by atoms with Crippen molar-refractivity contribution in [3.05, 3.63) is 59.7 Å². The van der Waals surface area contributed by atoms with Crippen LogP contribution >= 0.6 is 0 Å². The second-order valence-corrected chi connectivity index (χ2v) is 6.25. The van der Waals surface area contributed by atoms with Gasteiger partial charge in [0.1, 0.15) is 0 Å². The van der Waals surface area contributed by atoms with Crippen molar-refractivity contribution in [1.29, 1.82) is 0 Å². The standard InChI is InChI=1S/C20H20N2O4/c1-13-6-3-4-9-17(13)22-12-15(11-18(22)23)19(24)21-16-8-5-7-14(10-16)20(25)26-2/h3-10,15H,11-12H2,1-2H3,(H,21,24). The monoisotopic (exact) mass is 352 g/mol. The second kappa shape index (κ2) is 7.39. The van der Waals surface area contributed by atoms with E-state index in [1.807, 2.05) is 31.2 Å². The molecule has 1 fully saturated rings. The van der Waals surface area contributed by atoms with Crippen LogP contribution in [-0.2, 0) is 14.3 Å². The van der Waals surface area contributed by atoms with Gasteiger partial charge in [-0.1, -0.05) is 24.3 Å². The summed E-state index contributed by atoms with van der Waals surface area (Å²) in [5.41, 5.74) is 2.68. The van der Waals surface area contributed by atoms with Gasteiger partial charge < -0.3 is 15.0 Å². The summed E-state index contributed by atoms with van der Waals surface area (Å²) in [7, 11) is 1.30. The largest absolute Gasteiger partial charge is 0.465 e. The Morgan fingerprint density at radius 3 is 2.65 bits per heavy atom. The molecular formula is C20H20N2O4. The summed E-state index contributed by atoms with van der Waals surface area (Å²) in [5, 5.41) is 2.78. The number of rotatable bonds is 4. The lowest BCUT2D eigenvalue weighted by Crippen LogP contribution is -2.28. The molecule has 2 amide bonds. The zero-order valence-electron chi connectivity index (χ0n) is 14.7. The van der Waals surface area contributed by atoms with Gasteiger partial charge in [-0.3, -0.25) is 9.59 Å². The van der Waals surface area contributed by atoms with Gasteiger partial charge in [-0.25, -0.2) is 4.79 Å². The molecule has 1 N–H and O–H groups in total. The summed E-state index contributed by atoms with van der Waals surface area (Å²) in [6.45, 7) is 2.28. The van der Waals surface area contributed by atoms with Crippen LogP contribution in [-0.4, -0.2) is 31.4 Å². The first-order valence-corrected chi connectivity index (χ1v) is 8.35. The Balaban J connectivity index is 1.71. The first-order valence-electron chi connectivity index (χ1n) is 8.35. The Bertz CT molecular complexity index is 862. The molecule has 1 unspecified atom stereocenters. The van der Waals surface area contributed by atoms with Gasteiger partial charge in [-0.15, -0.1) is 0 Å². The van der Waals surface area contributed by atoms with E-state index in [0.717, 1.165) is 11.3 Å². The first-order chi connectivity index (χ1) is 12.5. The molecule has 1 saturated heterocycles. The summed E-state index contributed by atoms with van der Waals surface area (Å²) < 4.78 is 4.68. The number of nitrogens with zero attached hydrogens (tertiary/aromatic N) is 1. The SMILES string of the molecule is COC(=O)c1cccc(NC(=O)C2CC(=O)N(c3ccccc3C)C2)c1. The lowest BCUT2D eigenvalue weighted by molar-refractivity contribution is -0.122. The van der Waals surface area contributed by atoms with E-state index in [1.165, 1.54) is 7.11 Å². The third-order valence-electron chi connectivity index (χ3n) is 4.45. The molecule has 134 valence electrons. The van der Waals surface area contributed by atoms with E-state index in [9.17, 15) is 14.4 Å². The van der Waals surface area contributed by atoms with Crippen LogP contribution in [0.15, 0.2) is 48.5 Å². The molecule has 1 aliphatic rings. The van der Waals surface area contributed by atoms with Crippen molar-refractivity contribution in [3.63, 3.8) is 0 Å². The number of esters is 1. The minimum atomic E-state index is -0.470. The zero-order valence-corrected chi connectivity index (χ0v) is 14.7. The number of hydrogen-bond donors (Lipinski definition) is 1. The summed E-state index contributed by atoms with van der Waals surface area (Å²) in [4.78, 5) is 38.2. The Labute approximate surface area is 151 Å². The molecule has 6 nitrogen and oxygen atoms in total. The maximum atomic E-state index is 12.6. The Hall–Kier alpha value is -3.15. The summed E-state index contributed by atoms with van der Waals surface area (Å²) in [5.74, 6) is -1.22. The third kappa shape index (κ3) is 3.59. The quantitative estimate of drug-likeness (QED) is 0.859. The van der Waals surface area contributed by atoms with E-state index < -0.39 is 11.9 Å². The Morgan fingerprint density at radius 2 is 1.92 bits per heavy atom. The van der Waals surface area contributed by atoms with E-state index in [0.29, 0.717) is 17.8 Å². The van der Waals surface area contributed by atoms with Crippen LogP contribution < -0.4 is 10.2 Å². The lowest BCUT2D eigenvalue weighted by atomic mass is 10.1. The number of para-hydroxylation sites is 1. The summed E-state index contributed by atoms with van der Waals surface area (Å²) >= 11 is 0. The topological polar surface area (TPSA) is 75.7 Å². The molecule has 1 heterocycles. The van der Waals surface area contributed by atoms with Crippen molar-refractivity contribution in [1.82, 2.24) is 0 Å². The first kappa shape index (κ1) is 17.7. The van der Waals surface area contributed by atoms with Crippen LogP contribution in [0.4, 0.5) is 11.4 Å². The maximum Gasteiger partial charge on any atom is 0.337 e. The van der Waals surface area contributed by atoms with E-state index in [2.05, 4.69) is 10.1 Å². The van der Waals surface area contributed by atoms with Crippen molar-refractivity contribution in [3.8, 4) is 0 Å². The van der Waals surface area contributed by atoms with E-state index in [1.54, 1.807) is 29.2 Å². The molecule has 0 radical (unpaired) electrons. The van der Waals surface area contributed by atoms with Crippen LogP contribution in [0, 0.1) is 12.8 Å². The smallest absolute Gasteiger partial charge is 0.337 e. The van der Waals surface area contributed by atoms with Crippen molar-refractivity contribution in [2.24, 2.45) is 5.92 Å². The van der Waals surface area contributed by atoms with Crippen LogP contribution in [0.1, 0.15) is 22.3 Å². The van der Waals surface area contributed by atoms with Gasteiger partial charge >= 0.3 is 5.97 Å². The highest BCUT2D eigenvalue weighted by molar-refractivity contribution is 6.04. The van der Waals surface area contributed by atoms with Gasteiger partial charge in [0.05, 0.1) is 18.6 Å². The molecule has 3 rings (SSSR count). The average molecular weight is 352 g/mol. The van der Waals surface area contributed by atoms with Crippen molar-refractivity contribution >= 4 is 29.2 Å². The third-order valence-corrected chi connectivity index (χ3v) is 4.45. The van der Waals surface area contributed by atoms with Crippen LogP contribution in [0.2, 0.25) is 0 Å². The number of methoxy groups -OCH3 is 1. The van der Waals surface area contributed by atoms with Crippen molar-refractivity contribution in [2.75, 3.05) is 23.9 Å². The number of anilines is 2. The van der Waals surface area contributed by atoms with Crippen LogP contribution in [0.3, 0.4) is 0 Å². The molecule has 6 heteroatoms. The van der Waals surface area contributed by atoms with E-state index in [4.69, 9.17) is 0 Å². The predicted molar refractivity (Wildman–Crippen MR) is 98.1 cm³/mol. The molecule has 2 aromatic carbocycles. The number of carbonyl (C=O) groups excluding carboxylic acids is 3. The number of ether oxygens (including phenoxy) is 1. The number of hydrogen-bond acceptors (Lipinski definition) is 4. The average Bonchev–Trinajstić information content (AvgIpc) is 3.03. The van der Waals surface area contributed by atoms with Crippen LogP contribution in [0.5, 0.6) is 0 Å². The molecule has 1 aliphatic heterocycles. The Kier molecular flexibility index (Phi) is 5.02. The molecular weight excluding hydrogens is 332 g/mol. The highest BCUT2D eigenvalue weighted by atomic mass is 16.5. The maximum absolute atomic E-state index is 12.6. The fourth-order valence-electron chi connectivity index (χ4n) is 3.07. The molecule has 26 heavy (non-hydrogen) atoms. The number of carbonyl (C=O) groups is 3. The fraction of sp³-hybridized carbons (Fsp3) is 0.250. The minimum Gasteiger partial charge on any atom is -0.465 e. The van der Waals surface area contributed by atoms with E-state index >= 15 is 0 Å². The highest BCUT2D eigenvalue weighted by Gasteiger charge is 2.35. The highest BCUT2D eigenvalue weighted by Crippen LogP contribution is 2.28. The predicted octanol–water partition coefficient (Wildman–Crippen LogP) is 2.77. The number of amides is 2. The molecule has 2 aromatic rings. The minimum absolute atomic E-state index is 0.0669. The van der Waals surface area contributed by atoms with Crippen molar-refractivity contribution in [2.45, 2.75) is 13.3 Å². The van der Waals surface area contributed by atoms with Crippen LogP contribution in [0.25, 0.3) is 0 Å². The molecule has 0 saturated carbocycles. The zero-order chi connectivity index (χ0) is 18.7. The second-order valence-electron chi connectivity index (χ2n) is 6.25. The molecule has 1 atom stereocenters. The number of benzene rings is 2. The lowest BCUT2D eigenvalue weighted by Gasteiger charge is -2.19. The molecule has 0 spiro atoms. The van der Waals surface area contributed by atoms with Gasteiger partial charge in [-0.2, -0.15) is 0 Å². The molecule has 0 aliphatic carbocycles. The van der Waals surface area contributed by atoms with Gasteiger partial charge in [0.25, 0.3) is 0 Å². The van der Waals surface area contributed by atoms with Gasteiger partial charge in [0.2, 0.25) is 11.8 Å². The van der Waals surface area contributed by atoms with Gasteiger partial charge in [0.15, 0.2) is 0 Å². The molecule has 0 aromatic heterocycles. The number of nitrogens with one attached hydrogen (secondary N) is 1. The molecule has 0 bridgehead atoms. The van der Waals surface area contributed by atoms with Gasteiger partial charge in [-0.05, 0) is 36.8 Å². The summed E-state index contributed by atoms with van der Waals surface area (Å²) in [6.07, 6.45) is 0.164. The summed E-state index contributed by atoms with van der Waals surface area (Å²) in [6, 6.07) is 14.1. The number of aryl methyl sites for hydroxylation is 1. The van der Waals surface area contributed by atoms with Gasteiger partial charge in [0, 0.05) is 24.3 Å². The normalized spacial score (nSPS) is 16.5. The fourth-order valence-corrected chi connectivity index (χ4v) is 3.07. The Morgan fingerprint density at radius 1 is 1.15 bits per heavy atom.